The number of methoxy groups -OCH3 is 2. The summed E-state index contributed by atoms with van der Waals surface area (Å²) >= 11 is 0. The van der Waals surface area contributed by atoms with E-state index >= 15 is 0 Å². The number of esters is 1. The van der Waals surface area contributed by atoms with Crippen molar-refractivity contribution in [2.24, 2.45) is 0 Å². The molecule has 1 aromatic carbocycles. The van der Waals surface area contributed by atoms with Gasteiger partial charge in [-0.2, -0.15) is 0 Å². The predicted molar refractivity (Wildman–Crippen MR) is 89.7 cm³/mol. The van der Waals surface area contributed by atoms with E-state index in [0.717, 1.165) is 11.1 Å². The summed E-state index contributed by atoms with van der Waals surface area (Å²) in [5.41, 5.74) is 2.46. The van der Waals surface area contributed by atoms with Gasteiger partial charge in [0, 0.05) is 19.3 Å². The summed E-state index contributed by atoms with van der Waals surface area (Å²) in [6, 6.07) is 7.13. The molecule has 1 N–H and O–H groups in total. The van der Waals surface area contributed by atoms with Crippen LogP contribution in [0.5, 0.6) is 11.5 Å². The summed E-state index contributed by atoms with van der Waals surface area (Å²) in [4.78, 5) is 28.6. The molecule has 1 aromatic heterocycles. The van der Waals surface area contributed by atoms with Gasteiger partial charge in [0.2, 0.25) is 0 Å². The highest BCUT2D eigenvalue weighted by Gasteiger charge is 2.23. The zero-order chi connectivity index (χ0) is 17.8. The number of aromatic nitrogens is 1. The molecule has 7 nitrogen and oxygen atoms in total. The van der Waals surface area contributed by atoms with E-state index in [9.17, 15) is 9.59 Å². The van der Waals surface area contributed by atoms with E-state index in [1.165, 1.54) is 0 Å². The van der Waals surface area contributed by atoms with Crippen LogP contribution in [0.15, 0.2) is 30.5 Å². The van der Waals surface area contributed by atoms with Crippen molar-refractivity contribution < 1.29 is 23.8 Å². The van der Waals surface area contributed by atoms with Crippen LogP contribution in [0.4, 0.5) is 0 Å². The number of H-pyrrole nitrogens is 1. The molecular weight excluding hydrogens is 324 g/mol. The molecule has 0 unspecified atom stereocenters. The number of hydrogen-bond donors (Lipinski definition) is 1. The number of amides is 1. The number of rotatable bonds is 5. The maximum absolute atomic E-state index is 12.3. The fourth-order valence-electron chi connectivity index (χ4n) is 2.85. The Labute approximate surface area is 145 Å². The third-order valence-electron chi connectivity index (χ3n) is 4.22. The summed E-state index contributed by atoms with van der Waals surface area (Å²) in [6.45, 7) is 0.746. The largest absolute Gasteiger partial charge is 0.493 e. The van der Waals surface area contributed by atoms with Gasteiger partial charge in [-0.15, -0.1) is 0 Å². The van der Waals surface area contributed by atoms with Crippen molar-refractivity contribution in [3.63, 3.8) is 0 Å². The molecule has 0 aliphatic carbocycles. The van der Waals surface area contributed by atoms with Crippen molar-refractivity contribution in [3.8, 4) is 11.5 Å². The first kappa shape index (κ1) is 16.9. The molecule has 1 aliphatic heterocycles. The Morgan fingerprint density at radius 1 is 1.16 bits per heavy atom. The third-order valence-corrected chi connectivity index (χ3v) is 4.22. The lowest BCUT2D eigenvalue weighted by molar-refractivity contribution is -0.135. The number of hydrogen-bond acceptors (Lipinski definition) is 5. The van der Waals surface area contributed by atoms with E-state index in [-0.39, 0.29) is 12.5 Å². The van der Waals surface area contributed by atoms with Crippen molar-refractivity contribution in [1.82, 2.24) is 9.88 Å². The van der Waals surface area contributed by atoms with Crippen LogP contribution in [-0.4, -0.2) is 49.1 Å². The first-order valence-corrected chi connectivity index (χ1v) is 7.94. The first-order valence-electron chi connectivity index (χ1n) is 7.94. The Morgan fingerprint density at radius 2 is 1.88 bits per heavy atom. The van der Waals surface area contributed by atoms with Gasteiger partial charge in [0.1, 0.15) is 5.69 Å². The smallest absolute Gasteiger partial charge is 0.355 e. The van der Waals surface area contributed by atoms with E-state index < -0.39 is 5.97 Å². The van der Waals surface area contributed by atoms with Crippen LogP contribution in [0.3, 0.4) is 0 Å². The third kappa shape index (κ3) is 3.60. The zero-order valence-electron chi connectivity index (χ0n) is 14.2. The van der Waals surface area contributed by atoms with E-state index in [2.05, 4.69) is 4.98 Å². The highest BCUT2D eigenvalue weighted by atomic mass is 16.5. The van der Waals surface area contributed by atoms with Gasteiger partial charge in [0.25, 0.3) is 5.91 Å². The molecule has 132 valence electrons. The molecule has 0 fully saturated rings. The van der Waals surface area contributed by atoms with Crippen LogP contribution in [-0.2, 0) is 22.5 Å². The Balaban J connectivity index is 1.63. The molecule has 0 saturated heterocycles. The lowest BCUT2D eigenvalue weighted by atomic mass is 9.99. The molecule has 0 saturated carbocycles. The summed E-state index contributed by atoms with van der Waals surface area (Å²) < 4.78 is 15.7. The Bertz CT molecular complexity index is 770. The van der Waals surface area contributed by atoms with Crippen LogP contribution in [0.2, 0.25) is 0 Å². The molecule has 0 spiro atoms. The molecular formula is C18H20N2O5. The Kier molecular flexibility index (Phi) is 4.92. The molecule has 0 atom stereocenters. The Morgan fingerprint density at radius 3 is 2.52 bits per heavy atom. The number of fused-ring (bicyclic) bond motifs is 1. The van der Waals surface area contributed by atoms with E-state index in [1.807, 2.05) is 12.1 Å². The molecule has 3 rings (SSSR count). The minimum atomic E-state index is -0.540. The predicted octanol–water partition coefficient (Wildman–Crippen LogP) is 1.77. The van der Waals surface area contributed by atoms with Crippen LogP contribution >= 0.6 is 0 Å². The standard InChI is InChI=1S/C18H20N2O5/c1-23-15-8-12-5-7-20(10-13(12)9-16(15)24-2)17(21)11-25-18(22)14-4-3-6-19-14/h3-4,6,8-9,19H,5,7,10-11H2,1-2H3. The Hall–Kier alpha value is -2.96. The minimum Gasteiger partial charge on any atom is -0.493 e. The molecule has 0 bridgehead atoms. The van der Waals surface area contributed by atoms with Gasteiger partial charge in [0.05, 0.1) is 14.2 Å². The number of nitrogens with zero attached hydrogens (tertiary/aromatic N) is 1. The second-order valence-corrected chi connectivity index (χ2v) is 5.70. The normalized spacial score (nSPS) is 13.1. The van der Waals surface area contributed by atoms with Gasteiger partial charge in [-0.3, -0.25) is 4.79 Å². The number of benzene rings is 1. The lowest BCUT2D eigenvalue weighted by Gasteiger charge is -2.29. The number of ether oxygens (including phenoxy) is 3. The van der Waals surface area contributed by atoms with Crippen LogP contribution in [0.25, 0.3) is 0 Å². The molecule has 2 heterocycles. The number of carbonyl (C=O) groups is 2. The maximum Gasteiger partial charge on any atom is 0.355 e. The van der Waals surface area contributed by atoms with Crippen LogP contribution < -0.4 is 9.47 Å². The lowest BCUT2D eigenvalue weighted by Crippen LogP contribution is -2.38. The van der Waals surface area contributed by atoms with E-state index in [4.69, 9.17) is 14.2 Å². The quantitative estimate of drug-likeness (QED) is 0.836. The van der Waals surface area contributed by atoms with Gasteiger partial charge < -0.3 is 24.1 Å². The van der Waals surface area contributed by atoms with Gasteiger partial charge in [0.15, 0.2) is 18.1 Å². The number of nitrogens with one attached hydrogen (secondary N) is 1. The van der Waals surface area contributed by atoms with Gasteiger partial charge in [-0.1, -0.05) is 0 Å². The van der Waals surface area contributed by atoms with E-state index in [1.54, 1.807) is 37.4 Å². The summed E-state index contributed by atoms with van der Waals surface area (Å²) in [5, 5.41) is 0. The summed E-state index contributed by atoms with van der Waals surface area (Å²) in [5.74, 6) is 0.553. The van der Waals surface area contributed by atoms with Crippen molar-refractivity contribution in [1.29, 1.82) is 0 Å². The van der Waals surface area contributed by atoms with Gasteiger partial charge >= 0.3 is 5.97 Å². The molecule has 1 amide bonds. The fraction of sp³-hybridized carbons (Fsp3) is 0.333. The van der Waals surface area contributed by atoms with Gasteiger partial charge in [-0.25, -0.2) is 4.79 Å². The van der Waals surface area contributed by atoms with Crippen LogP contribution in [0.1, 0.15) is 21.6 Å². The number of aromatic amines is 1. The van der Waals surface area contributed by atoms with Crippen molar-refractivity contribution in [2.75, 3.05) is 27.4 Å². The average Bonchev–Trinajstić information content (AvgIpc) is 3.18. The highest BCUT2D eigenvalue weighted by Crippen LogP contribution is 2.33. The summed E-state index contributed by atoms with van der Waals surface area (Å²) in [6.07, 6.45) is 2.34. The minimum absolute atomic E-state index is 0.222. The highest BCUT2D eigenvalue weighted by molar-refractivity contribution is 5.89. The van der Waals surface area contributed by atoms with Crippen molar-refractivity contribution >= 4 is 11.9 Å². The molecule has 2 aromatic rings. The number of carbonyl (C=O) groups excluding carboxylic acids is 2. The van der Waals surface area contributed by atoms with E-state index in [0.29, 0.717) is 36.7 Å². The second kappa shape index (κ2) is 7.29. The average molecular weight is 344 g/mol. The fourth-order valence-corrected chi connectivity index (χ4v) is 2.85. The van der Waals surface area contributed by atoms with Crippen molar-refractivity contribution in [2.45, 2.75) is 13.0 Å². The SMILES string of the molecule is COc1cc2c(cc1OC)CN(C(=O)COC(=O)c1ccc[nH]1)CC2. The first-order chi connectivity index (χ1) is 12.1. The van der Waals surface area contributed by atoms with Gasteiger partial charge in [-0.05, 0) is 41.8 Å². The second-order valence-electron chi connectivity index (χ2n) is 5.70. The summed E-state index contributed by atoms with van der Waals surface area (Å²) in [7, 11) is 3.18. The molecule has 0 radical (unpaired) electrons. The van der Waals surface area contributed by atoms with Crippen molar-refractivity contribution in [3.05, 3.63) is 47.3 Å². The monoisotopic (exact) mass is 344 g/mol. The maximum atomic E-state index is 12.3. The molecule has 25 heavy (non-hydrogen) atoms. The van der Waals surface area contributed by atoms with Crippen LogP contribution in [0, 0.1) is 0 Å². The molecule has 7 heteroatoms. The topological polar surface area (TPSA) is 80.9 Å². The zero-order valence-corrected chi connectivity index (χ0v) is 14.2. The molecule has 1 aliphatic rings.